The van der Waals surface area contributed by atoms with Gasteiger partial charge in [0.2, 0.25) is 0 Å². The second kappa shape index (κ2) is 5.91. The van der Waals surface area contributed by atoms with E-state index in [2.05, 4.69) is 5.32 Å². The fourth-order valence-corrected chi connectivity index (χ4v) is 3.53. The molecule has 0 fully saturated rings. The van der Waals surface area contributed by atoms with E-state index in [0.29, 0.717) is 12.6 Å². The molecule has 0 aliphatic heterocycles. The molecule has 0 saturated carbocycles. The Bertz CT molecular complexity index is 750. The van der Waals surface area contributed by atoms with Crippen LogP contribution in [0.5, 0.6) is 0 Å². The minimum absolute atomic E-state index is 0.168. The van der Waals surface area contributed by atoms with Crippen LogP contribution in [0.1, 0.15) is 4.88 Å². The lowest BCUT2D eigenvalue weighted by Gasteiger charge is -2.07. The minimum atomic E-state index is -1.19. The van der Waals surface area contributed by atoms with Gasteiger partial charge in [0.15, 0.2) is 11.6 Å². The number of benzene rings is 1. The summed E-state index contributed by atoms with van der Waals surface area (Å²) in [7, 11) is 0. The van der Waals surface area contributed by atoms with Crippen molar-refractivity contribution in [2.45, 2.75) is 6.54 Å². The molecule has 3 aromatic rings. The third-order valence-electron chi connectivity index (χ3n) is 2.91. The summed E-state index contributed by atoms with van der Waals surface area (Å²) < 4.78 is 39.7. The number of nitrogens with one attached hydrogen (secondary N) is 1. The summed E-state index contributed by atoms with van der Waals surface area (Å²) in [6.07, 6.45) is 0. The summed E-state index contributed by atoms with van der Waals surface area (Å²) in [5.74, 6) is -3.06. The van der Waals surface area contributed by atoms with Crippen LogP contribution in [-0.2, 0) is 6.54 Å². The van der Waals surface area contributed by atoms with E-state index >= 15 is 0 Å². The van der Waals surface area contributed by atoms with Crippen molar-refractivity contribution in [1.29, 1.82) is 0 Å². The molecule has 0 amide bonds. The van der Waals surface area contributed by atoms with Gasteiger partial charge in [-0.15, -0.1) is 22.7 Å². The largest absolute Gasteiger partial charge is 0.378 e. The van der Waals surface area contributed by atoms with Crippen molar-refractivity contribution in [2.24, 2.45) is 0 Å². The van der Waals surface area contributed by atoms with E-state index in [1.54, 1.807) is 11.3 Å². The van der Waals surface area contributed by atoms with Crippen LogP contribution in [0, 0.1) is 17.5 Å². The first-order chi connectivity index (χ1) is 10.1. The molecule has 0 aliphatic carbocycles. The smallest absolute Gasteiger partial charge is 0.182 e. The van der Waals surface area contributed by atoms with Crippen LogP contribution in [0.15, 0.2) is 41.1 Å². The lowest BCUT2D eigenvalue weighted by atomic mass is 10.2. The fraction of sp³-hybridized carbons (Fsp3) is 0.0667. The van der Waals surface area contributed by atoms with Crippen molar-refractivity contribution < 1.29 is 13.2 Å². The molecule has 6 heteroatoms. The molecule has 0 atom stereocenters. The normalized spacial score (nSPS) is 10.8. The molecule has 2 heterocycles. The molecular formula is C15H10F3NS2. The van der Waals surface area contributed by atoms with Crippen LogP contribution in [-0.4, -0.2) is 0 Å². The maximum Gasteiger partial charge on any atom is 0.182 e. The number of halogens is 3. The first-order valence-electron chi connectivity index (χ1n) is 6.13. The molecule has 0 radical (unpaired) electrons. The third-order valence-corrected chi connectivity index (χ3v) is 4.76. The Labute approximate surface area is 127 Å². The van der Waals surface area contributed by atoms with Gasteiger partial charge in [-0.05, 0) is 22.9 Å². The van der Waals surface area contributed by atoms with Crippen LogP contribution in [0.25, 0.3) is 10.4 Å². The Kier molecular flexibility index (Phi) is 3.98. The van der Waals surface area contributed by atoms with Gasteiger partial charge in [0.1, 0.15) is 5.82 Å². The second-order valence-electron chi connectivity index (χ2n) is 4.38. The van der Waals surface area contributed by atoms with Gasteiger partial charge in [-0.3, -0.25) is 0 Å². The monoisotopic (exact) mass is 325 g/mol. The highest BCUT2D eigenvalue weighted by atomic mass is 32.1. The summed E-state index contributed by atoms with van der Waals surface area (Å²) in [6.45, 7) is 0.315. The molecule has 1 nitrogen and oxygen atoms in total. The lowest BCUT2D eigenvalue weighted by molar-refractivity contribution is 0.497. The number of hydrogen-bond acceptors (Lipinski definition) is 3. The van der Waals surface area contributed by atoms with E-state index in [-0.39, 0.29) is 5.69 Å². The standard InChI is InChI=1S/C15H10F3NS2/c16-10-5-12(17)15(18)13(6-10)19-7-11-4-9(8-21-11)14-2-1-3-20-14/h1-6,8,19H,7H2. The highest BCUT2D eigenvalue weighted by Crippen LogP contribution is 2.30. The predicted octanol–water partition coefficient (Wildman–Crippen LogP) is 5.51. The number of rotatable bonds is 4. The van der Waals surface area contributed by atoms with Crippen LogP contribution in [0.4, 0.5) is 18.9 Å². The van der Waals surface area contributed by atoms with Crippen LogP contribution < -0.4 is 5.32 Å². The summed E-state index contributed by atoms with van der Waals surface area (Å²) in [4.78, 5) is 2.11. The number of thiophene rings is 2. The first kappa shape index (κ1) is 14.2. The van der Waals surface area contributed by atoms with E-state index in [4.69, 9.17) is 0 Å². The van der Waals surface area contributed by atoms with E-state index in [1.807, 2.05) is 29.0 Å². The van der Waals surface area contributed by atoms with Gasteiger partial charge >= 0.3 is 0 Å². The molecule has 0 aliphatic rings. The van der Waals surface area contributed by atoms with Crippen LogP contribution in [0.3, 0.4) is 0 Å². The SMILES string of the molecule is Fc1cc(F)c(F)c(NCc2cc(-c3cccs3)cs2)c1. The predicted molar refractivity (Wildman–Crippen MR) is 81.3 cm³/mol. The van der Waals surface area contributed by atoms with E-state index in [1.165, 1.54) is 11.3 Å². The second-order valence-corrected chi connectivity index (χ2v) is 6.33. The Hall–Kier alpha value is -1.79. The van der Waals surface area contributed by atoms with Gasteiger partial charge in [-0.2, -0.15) is 0 Å². The Morgan fingerprint density at radius 1 is 1.05 bits per heavy atom. The molecule has 108 valence electrons. The molecule has 0 spiro atoms. The van der Waals surface area contributed by atoms with Gasteiger partial charge in [0, 0.05) is 34.0 Å². The molecule has 1 aromatic carbocycles. The zero-order chi connectivity index (χ0) is 14.8. The summed E-state index contributed by atoms with van der Waals surface area (Å²) in [5, 5.41) is 6.73. The minimum Gasteiger partial charge on any atom is -0.378 e. The van der Waals surface area contributed by atoms with Crippen molar-refractivity contribution in [3.05, 3.63) is 63.4 Å². The average Bonchev–Trinajstić information content (AvgIpc) is 3.11. The zero-order valence-corrected chi connectivity index (χ0v) is 12.3. The van der Waals surface area contributed by atoms with Crippen molar-refractivity contribution in [1.82, 2.24) is 0 Å². The Morgan fingerprint density at radius 2 is 1.90 bits per heavy atom. The fourth-order valence-electron chi connectivity index (χ4n) is 1.91. The summed E-state index contributed by atoms with van der Waals surface area (Å²) >= 11 is 3.15. The van der Waals surface area contributed by atoms with Crippen molar-refractivity contribution in [2.75, 3.05) is 5.32 Å². The summed E-state index contributed by atoms with van der Waals surface area (Å²) in [5.41, 5.74) is 0.927. The first-order valence-corrected chi connectivity index (χ1v) is 7.89. The number of anilines is 1. The maximum atomic E-state index is 13.5. The third kappa shape index (κ3) is 3.11. The summed E-state index contributed by atoms with van der Waals surface area (Å²) in [6, 6.07) is 7.45. The average molecular weight is 325 g/mol. The molecule has 21 heavy (non-hydrogen) atoms. The maximum absolute atomic E-state index is 13.5. The van der Waals surface area contributed by atoms with Gasteiger partial charge in [0.25, 0.3) is 0 Å². The Morgan fingerprint density at radius 3 is 2.67 bits per heavy atom. The molecule has 0 unspecified atom stereocenters. The molecule has 3 rings (SSSR count). The van der Waals surface area contributed by atoms with Gasteiger partial charge in [-0.1, -0.05) is 6.07 Å². The van der Waals surface area contributed by atoms with Crippen molar-refractivity contribution in [3.8, 4) is 10.4 Å². The van der Waals surface area contributed by atoms with E-state index in [9.17, 15) is 13.2 Å². The van der Waals surface area contributed by atoms with E-state index < -0.39 is 17.5 Å². The van der Waals surface area contributed by atoms with Crippen molar-refractivity contribution in [3.63, 3.8) is 0 Å². The molecule has 1 N–H and O–H groups in total. The molecular weight excluding hydrogens is 315 g/mol. The quantitative estimate of drug-likeness (QED) is 0.624. The van der Waals surface area contributed by atoms with Gasteiger partial charge < -0.3 is 5.32 Å². The topological polar surface area (TPSA) is 12.0 Å². The highest BCUT2D eigenvalue weighted by Gasteiger charge is 2.11. The molecule has 0 saturated heterocycles. The lowest BCUT2D eigenvalue weighted by Crippen LogP contribution is -2.02. The van der Waals surface area contributed by atoms with Gasteiger partial charge in [0.05, 0.1) is 5.69 Å². The molecule has 0 bridgehead atoms. The van der Waals surface area contributed by atoms with Crippen molar-refractivity contribution >= 4 is 28.4 Å². The molecule has 2 aromatic heterocycles. The number of hydrogen-bond donors (Lipinski definition) is 1. The van der Waals surface area contributed by atoms with Crippen LogP contribution in [0.2, 0.25) is 0 Å². The van der Waals surface area contributed by atoms with E-state index in [0.717, 1.165) is 21.4 Å². The van der Waals surface area contributed by atoms with Gasteiger partial charge in [-0.25, -0.2) is 13.2 Å². The van der Waals surface area contributed by atoms with Crippen LogP contribution >= 0.6 is 22.7 Å². The Balaban J connectivity index is 1.74. The highest BCUT2D eigenvalue weighted by molar-refractivity contribution is 7.14. The zero-order valence-electron chi connectivity index (χ0n) is 10.7.